The van der Waals surface area contributed by atoms with Crippen molar-refractivity contribution in [1.29, 1.82) is 0 Å². The molecule has 98 valence electrons. The molecule has 2 heteroatoms. The Morgan fingerprint density at radius 1 is 1.16 bits per heavy atom. The van der Waals surface area contributed by atoms with Crippen molar-refractivity contribution in [2.24, 2.45) is 0 Å². The molecule has 4 rings (SSSR count). The second-order valence-electron chi connectivity index (χ2n) is 6.15. The first-order valence-corrected chi connectivity index (χ1v) is 7.91. The summed E-state index contributed by atoms with van der Waals surface area (Å²) in [4.78, 5) is 3.03. The lowest BCUT2D eigenvalue weighted by molar-refractivity contribution is 0.539. The van der Waals surface area contributed by atoms with Gasteiger partial charge in [0.2, 0.25) is 0 Å². The van der Waals surface area contributed by atoms with Gasteiger partial charge in [-0.3, -0.25) is 0 Å². The zero-order chi connectivity index (χ0) is 13.0. The summed E-state index contributed by atoms with van der Waals surface area (Å²) in [5.74, 6) is 0. The molecule has 0 bridgehead atoms. The van der Waals surface area contributed by atoms with Gasteiger partial charge < -0.3 is 5.32 Å². The molecule has 1 aromatic heterocycles. The number of aryl methyl sites for hydroxylation is 2. The molecule has 1 aliphatic carbocycles. The molecule has 2 heterocycles. The summed E-state index contributed by atoms with van der Waals surface area (Å²) in [6, 6.07) is 9.26. The van der Waals surface area contributed by atoms with E-state index >= 15 is 0 Å². The van der Waals surface area contributed by atoms with Gasteiger partial charge in [-0.15, -0.1) is 11.3 Å². The maximum absolute atomic E-state index is 3.59. The molecule has 0 radical (unpaired) electrons. The molecule has 1 aliphatic heterocycles. The Bertz CT molecular complexity index is 649. The van der Waals surface area contributed by atoms with Crippen LogP contribution in [-0.2, 0) is 12.0 Å². The van der Waals surface area contributed by atoms with E-state index in [0.29, 0.717) is 5.41 Å². The molecule has 1 spiro atoms. The van der Waals surface area contributed by atoms with E-state index in [1.165, 1.54) is 41.0 Å². The Kier molecular flexibility index (Phi) is 2.42. The molecule has 1 fully saturated rings. The normalized spacial score (nSPS) is 19.5. The first kappa shape index (κ1) is 11.7. The van der Waals surface area contributed by atoms with Crippen LogP contribution in [-0.4, -0.2) is 6.54 Å². The van der Waals surface area contributed by atoms with E-state index in [9.17, 15) is 0 Å². The Morgan fingerprint density at radius 2 is 2.00 bits per heavy atom. The minimum Gasteiger partial charge on any atom is -0.311 e. The minimum absolute atomic E-state index is 0.500. The molecular weight excluding hydrogens is 250 g/mol. The van der Waals surface area contributed by atoms with Crippen LogP contribution in [0.3, 0.4) is 0 Å². The number of hydrogen-bond donors (Lipinski definition) is 1. The third-order valence-electron chi connectivity index (χ3n) is 4.64. The summed E-state index contributed by atoms with van der Waals surface area (Å²) in [6.07, 6.45) is 2.74. The fraction of sp³-hybridized carbons (Fsp3) is 0.412. The average molecular weight is 269 g/mol. The van der Waals surface area contributed by atoms with E-state index in [4.69, 9.17) is 0 Å². The SMILES string of the molecule is Cc1ccc(C)c(-c2cc3c(s2)CNCC32CC2)c1. The number of fused-ring (bicyclic) bond motifs is 2. The highest BCUT2D eigenvalue weighted by Gasteiger charge is 2.47. The molecular formula is C17H19NS. The van der Waals surface area contributed by atoms with E-state index in [-0.39, 0.29) is 0 Å². The van der Waals surface area contributed by atoms with Gasteiger partial charge in [-0.2, -0.15) is 0 Å². The summed E-state index contributed by atoms with van der Waals surface area (Å²) in [7, 11) is 0. The molecule has 0 saturated heterocycles. The molecule has 1 saturated carbocycles. The molecule has 0 amide bonds. The fourth-order valence-electron chi connectivity index (χ4n) is 3.25. The second-order valence-corrected chi connectivity index (χ2v) is 7.29. The monoisotopic (exact) mass is 269 g/mol. The van der Waals surface area contributed by atoms with Crippen LogP contribution in [0, 0.1) is 13.8 Å². The van der Waals surface area contributed by atoms with Crippen molar-refractivity contribution >= 4 is 11.3 Å². The highest BCUT2D eigenvalue weighted by atomic mass is 32.1. The van der Waals surface area contributed by atoms with Gasteiger partial charge in [-0.1, -0.05) is 23.8 Å². The standard InChI is InChI=1S/C17H19NS/c1-11-3-4-12(2)13(7-11)15-8-14-16(19-15)9-18-10-17(14)5-6-17/h3-4,7-8,18H,5-6,9-10H2,1-2H3. The minimum atomic E-state index is 0.500. The Labute approximate surface area is 118 Å². The lowest BCUT2D eigenvalue weighted by atomic mass is 9.92. The zero-order valence-electron chi connectivity index (χ0n) is 11.5. The summed E-state index contributed by atoms with van der Waals surface area (Å²) in [5, 5.41) is 3.59. The molecule has 1 nitrogen and oxygen atoms in total. The van der Waals surface area contributed by atoms with Crippen molar-refractivity contribution in [3.8, 4) is 10.4 Å². The predicted molar refractivity (Wildman–Crippen MR) is 81.8 cm³/mol. The molecule has 2 aliphatic rings. The summed E-state index contributed by atoms with van der Waals surface area (Å²) < 4.78 is 0. The Morgan fingerprint density at radius 3 is 2.79 bits per heavy atom. The molecule has 19 heavy (non-hydrogen) atoms. The quantitative estimate of drug-likeness (QED) is 0.819. The van der Waals surface area contributed by atoms with Crippen LogP contribution in [0.2, 0.25) is 0 Å². The first-order valence-electron chi connectivity index (χ1n) is 7.09. The maximum atomic E-state index is 3.59. The van der Waals surface area contributed by atoms with Crippen molar-refractivity contribution in [3.63, 3.8) is 0 Å². The van der Waals surface area contributed by atoms with Gasteiger partial charge in [0, 0.05) is 28.3 Å². The van der Waals surface area contributed by atoms with Crippen LogP contribution in [0.25, 0.3) is 10.4 Å². The number of nitrogens with one attached hydrogen (secondary N) is 1. The van der Waals surface area contributed by atoms with Crippen molar-refractivity contribution < 1.29 is 0 Å². The smallest absolute Gasteiger partial charge is 0.0351 e. The van der Waals surface area contributed by atoms with Crippen LogP contribution >= 0.6 is 11.3 Å². The third-order valence-corrected chi connectivity index (χ3v) is 5.81. The molecule has 0 atom stereocenters. The van der Waals surface area contributed by atoms with Crippen LogP contribution < -0.4 is 5.32 Å². The highest BCUT2D eigenvalue weighted by molar-refractivity contribution is 7.15. The lowest BCUT2D eigenvalue weighted by Crippen LogP contribution is -2.31. The van der Waals surface area contributed by atoms with Gasteiger partial charge in [0.1, 0.15) is 0 Å². The van der Waals surface area contributed by atoms with Crippen molar-refractivity contribution in [2.75, 3.05) is 6.54 Å². The Balaban J connectivity index is 1.85. The van der Waals surface area contributed by atoms with Crippen LogP contribution in [0.4, 0.5) is 0 Å². The van der Waals surface area contributed by atoms with Gasteiger partial charge in [0.25, 0.3) is 0 Å². The van der Waals surface area contributed by atoms with Crippen molar-refractivity contribution in [2.45, 2.75) is 38.6 Å². The van der Waals surface area contributed by atoms with Crippen molar-refractivity contribution in [3.05, 3.63) is 45.8 Å². The Hall–Kier alpha value is -1.12. The van der Waals surface area contributed by atoms with Gasteiger partial charge in [-0.25, -0.2) is 0 Å². The van der Waals surface area contributed by atoms with Crippen LogP contribution in [0.15, 0.2) is 24.3 Å². The zero-order valence-corrected chi connectivity index (χ0v) is 12.4. The lowest BCUT2D eigenvalue weighted by Gasteiger charge is -2.22. The van der Waals surface area contributed by atoms with Crippen LogP contribution in [0.1, 0.15) is 34.4 Å². The third kappa shape index (κ3) is 1.78. The van der Waals surface area contributed by atoms with Gasteiger partial charge in [-0.05, 0) is 49.4 Å². The number of benzene rings is 1. The van der Waals surface area contributed by atoms with Gasteiger partial charge in [0.05, 0.1) is 0 Å². The van der Waals surface area contributed by atoms with Crippen molar-refractivity contribution in [1.82, 2.24) is 5.32 Å². The van der Waals surface area contributed by atoms with Crippen LogP contribution in [0.5, 0.6) is 0 Å². The average Bonchev–Trinajstić information content (AvgIpc) is 3.01. The van der Waals surface area contributed by atoms with E-state index in [0.717, 1.165) is 6.54 Å². The first-order chi connectivity index (χ1) is 9.18. The number of thiophene rings is 1. The summed E-state index contributed by atoms with van der Waals surface area (Å²) >= 11 is 1.99. The molecule has 1 aromatic carbocycles. The summed E-state index contributed by atoms with van der Waals surface area (Å²) in [6.45, 7) is 6.65. The summed E-state index contributed by atoms with van der Waals surface area (Å²) in [5.41, 5.74) is 6.32. The topological polar surface area (TPSA) is 12.0 Å². The predicted octanol–water partition coefficient (Wildman–Crippen LogP) is 4.17. The van der Waals surface area contributed by atoms with E-state index < -0.39 is 0 Å². The van der Waals surface area contributed by atoms with Gasteiger partial charge in [0.15, 0.2) is 0 Å². The largest absolute Gasteiger partial charge is 0.311 e. The maximum Gasteiger partial charge on any atom is 0.0351 e. The number of rotatable bonds is 1. The van der Waals surface area contributed by atoms with E-state index in [1.807, 2.05) is 11.3 Å². The van der Waals surface area contributed by atoms with Gasteiger partial charge >= 0.3 is 0 Å². The second kappa shape index (κ2) is 3.94. The highest BCUT2D eigenvalue weighted by Crippen LogP contribution is 2.53. The fourth-order valence-corrected chi connectivity index (χ4v) is 4.58. The molecule has 0 unspecified atom stereocenters. The van der Waals surface area contributed by atoms with E-state index in [1.54, 1.807) is 10.4 Å². The molecule has 2 aromatic rings. The number of hydrogen-bond acceptors (Lipinski definition) is 2. The molecule has 1 N–H and O–H groups in total. The van der Waals surface area contributed by atoms with E-state index in [2.05, 4.69) is 43.4 Å².